The average Bonchev–Trinajstić information content (AvgIpc) is 2.93. The molecule has 5 heteroatoms. The van der Waals surface area contributed by atoms with Crippen molar-refractivity contribution in [2.24, 2.45) is 0 Å². The molecule has 2 aromatic rings. The van der Waals surface area contributed by atoms with Crippen molar-refractivity contribution in [3.63, 3.8) is 0 Å². The summed E-state index contributed by atoms with van der Waals surface area (Å²) < 4.78 is 12.9. The van der Waals surface area contributed by atoms with Crippen LogP contribution in [-0.2, 0) is 6.54 Å². The number of benzene rings is 1. The molecule has 1 heterocycles. The fraction of sp³-hybridized carbons (Fsp3) is 0.400. The molecule has 108 valence electrons. The van der Waals surface area contributed by atoms with Crippen LogP contribution in [0.3, 0.4) is 0 Å². The molecule has 20 heavy (non-hydrogen) atoms. The van der Waals surface area contributed by atoms with Gasteiger partial charge in [-0.15, -0.1) is 11.3 Å². The summed E-state index contributed by atoms with van der Waals surface area (Å²) in [7, 11) is 0. The maximum Gasteiger partial charge on any atom is 0.123 e. The maximum atomic E-state index is 12.9. The van der Waals surface area contributed by atoms with Gasteiger partial charge in [0.1, 0.15) is 10.8 Å². The smallest absolute Gasteiger partial charge is 0.123 e. The zero-order chi connectivity index (χ0) is 14.4. The number of aromatic nitrogens is 1. The number of thioether (sulfide) groups is 1. The maximum absolute atomic E-state index is 12.9. The van der Waals surface area contributed by atoms with Gasteiger partial charge < -0.3 is 5.32 Å². The van der Waals surface area contributed by atoms with Crippen molar-refractivity contribution in [2.45, 2.75) is 25.9 Å². The molecule has 0 radical (unpaired) electrons. The van der Waals surface area contributed by atoms with Crippen LogP contribution in [0.4, 0.5) is 4.39 Å². The Morgan fingerprint density at radius 1 is 1.35 bits per heavy atom. The molecule has 0 saturated carbocycles. The molecule has 2 rings (SSSR count). The summed E-state index contributed by atoms with van der Waals surface area (Å²) in [5.74, 6) is 0.904. The van der Waals surface area contributed by atoms with E-state index in [0.29, 0.717) is 6.04 Å². The average molecular weight is 310 g/mol. The summed E-state index contributed by atoms with van der Waals surface area (Å²) >= 11 is 3.46. The van der Waals surface area contributed by atoms with Crippen molar-refractivity contribution in [3.05, 3.63) is 41.2 Å². The number of halogens is 1. The number of hydrogen-bond donors (Lipinski definition) is 1. The Kier molecular flexibility index (Phi) is 6.01. The van der Waals surface area contributed by atoms with Gasteiger partial charge in [-0.2, -0.15) is 11.8 Å². The van der Waals surface area contributed by atoms with Gasteiger partial charge in [0.05, 0.1) is 5.69 Å². The Bertz CT molecular complexity index is 525. The van der Waals surface area contributed by atoms with Crippen LogP contribution < -0.4 is 5.32 Å². The van der Waals surface area contributed by atoms with Crippen molar-refractivity contribution >= 4 is 23.1 Å². The quantitative estimate of drug-likeness (QED) is 0.830. The first-order valence-corrected chi connectivity index (χ1v) is 8.93. The number of nitrogens with zero attached hydrogens (tertiary/aromatic N) is 1. The third kappa shape index (κ3) is 4.30. The second kappa shape index (κ2) is 7.76. The molecular formula is C15H19FN2S2. The molecule has 0 spiro atoms. The summed E-state index contributed by atoms with van der Waals surface area (Å²) in [5, 5.41) is 6.54. The van der Waals surface area contributed by atoms with Gasteiger partial charge in [-0.25, -0.2) is 9.37 Å². The largest absolute Gasteiger partial charge is 0.308 e. The van der Waals surface area contributed by atoms with E-state index in [-0.39, 0.29) is 5.82 Å². The first-order valence-electron chi connectivity index (χ1n) is 6.65. The second-order valence-electron chi connectivity index (χ2n) is 4.59. The minimum Gasteiger partial charge on any atom is -0.308 e. The number of nitrogens with one attached hydrogen (secondary N) is 1. The van der Waals surface area contributed by atoms with Gasteiger partial charge in [0.25, 0.3) is 0 Å². The van der Waals surface area contributed by atoms with Crippen LogP contribution in [-0.4, -0.2) is 23.0 Å². The zero-order valence-corrected chi connectivity index (χ0v) is 13.4. The van der Waals surface area contributed by atoms with Crippen LogP contribution in [0.25, 0.3) is 10.6 Å². The van der Waals surface area contributed by atoms with Crippen molar-refractivity contribution < 1.29 is 4.39 Å². The Hall–Kier alpha value is -0.910. The molecule has 0 aliphatic rings. The van der Waals surface area contributed by atoms with E-state index in [9.17, 15) is 4.39 Å². The van der Waals surface area contributed by atoms with Crippen LogP contribution in [0.2, 0.25) is 0 Å². The minimum atomic E-state index is -0.213. The van der Waals surface area contributed by atoms with Gasteiger partial charge in [-0.05, 0) is 36.9 Å². The van der Waals surface area contributed by atoms with Gasteiger partial charge in [-0.3, -0.25) is 0 Å². The number of thiazole rings is 1. The molecule has 0 fully saturated rings. The second-order valence-corrected chi connectivity index (χ2v) is 6.36. The molecular weight excluding hydrogens is 291 g/mol. The molecule has 0 amide bonds. The first kappa shape index (κ1) is 15.5. The molecule has 0 aliphatic heterocycles. The summed E-state index contributed by atoms with van der Waals surface area (Å²) in [6.07, 6.45) is 3.25. The molecule has 1 unspecified atom stereocenters. The standard InChI is InChI=1S/C15H19FN2S2/c1-3-13(9-19-2)17-8-14-10-20-15(18-14)11-4-6-12(16)7-5-11/h4-7,10,13,17H,3,8-9H2,1-2H3. The lowest BCUT2D eigenvalue weighted by Crippen LogP contribution is -2.30. The Labute approximate surface area is 127 Å². The molecule has 0 aliphatic carbocycles. The van der Waals surface area contributed by atoms with Crippen molar-refractivity contribution in [1.29, 1.82) is 0 Å². The Morgan fingerprint density at radius 3 is 2.75 bits per heavy atom. The molecule has 2 nitrogen and oxygen atoms in total. The number of rotatable bonds is 7. The molecule has 1 N–H and O–H groups in total. The van der Waals surface area contributed by atoms with E-state index in [0.717, 1.165) is 35.0 Å². The SMILES string of the molecule is CCC(CSC)NCc1csc(-c2ccc(F)cc2)n1. The molecule has 1 aromatic heterocycles. The van der Waals surface area contributed by atoms with Gasteiger partial charge in [-0.1, -0.05) is 6.92 Å². The Balaban J connectivity index is 1.96. The Morgan fingerprint density at radius 2 is 2.10 bits per heavy atom. The lowest BCUT2D eigenvalue weighted by atomic mass is 10.2. The normalized spacial score (nSPS) is 12.6. The fourth-order valence-electron chi connectivity index (χ4n) is 1.88. The van der Waals surface area contributed by atoms with Crippen LogP contribution in [0.1, 0.15) is 19.0 Å². The van der Waals surface area contributed by atoms with Gasteiger partial charge in [0, 0.05) is 29.3 Å². The molecule has 1 atom stereocenters. The van der Waals surface area contributed by atoms with E-state index >= 15 is 0 Å². The summed E-state index contributed by atoms with van der Waals surface area (Å²) in [5.41, 5.74) is 2.02. The van der Waals surface area contributed by atoms with E-state index < -0.39 is 0 Å². The van der Waals surface area contributed by atoms with Gasteiger partial charge in [0.15, 0.2) is 0 Å². The van der Waals surface area contributed by atoms with Crippen LogP contribution in [0.15, 0.2) is 29.6 Å². The molecule has 1 aromatic carbocycles. The molecule has 0 saturated heterocycles. The van der Waals surface area contributed by atoms with Crippen molar-refractivity contribution in [2.75, 3.05) is 12.0 Å². The summed E-state index contributed by atoms with van der Waals surface area (Å²) in [4.78, 5) is 4.60. The fourth-order valence-corrected chi connectivity index (χ4v) is 3.47. The van der Waals surface area contributed by atoms with Crippen LogP contribution in [0.5, 0.6) is 0 Å². The van der Waals surface area contributed by atoms with E-state index in [1.807, 2.05) is 11.8 Å². The highest BCUT2D eigenvalue weighted by Crippen LogP contribution is 2.23. The highest BCUT2D eigenvalue weighted by molar-refractivity contribution is 7.98. The van der Waals surface area contributed by atoms with Crippen LogP contribution in [0, 0.1) is 5.82 Å². The topological polar surface area (TPSA) is 24.9 Å². The summed E-state index contributed by atoms with van der Waals surface area (Å²) in [6, 6.07) is 7.02. The third-order valence-corrected chi connectivity index (χ3v) is 4.75. The van der Waals surface area contributed by atoms with E-state index in [2.05, 4.69) is 28.9 Å². The van der Waals surface area contributed by atoms with E-state index in [1.165, 1.54) is 12.1 Å². The zero-order valence-electron chi connectivity index (χ0n) is 11.7. The van der Waals surface area contributed by atoms with Crippen LogP contribution >= 0.6 is 23.1 Å². The summed E-state index contributed by atoms with van der Waals surface area (Å²) in [6.45, 7) is 2.98. The predicted molar refractivity (Wildman–Crippen MR) is 86.8 cm³/mol. The lowest BCUT2D eigenvalue weighted by molar-refractivity contribution is 0.537. The van der Waals surface area contributed by atoms with Gasteiger partial charge >= 0.3 is 0 Å². The van der Waals surface area contributed by atoms with Crippen molar-refractivity contribution in [3.8, 4) is 10.6 Å². The monoisotopic (exact) mass is 310 g/mol. The van der Waals surface area contributed by atoms with Crippen molar-refractivity contribution in [1.82, 2.24) is 10.3 Å². The lowest BCUT2D eigenvalue weighted by Gasteiger charge is -2.14. The predicted octanol–water partition coefficient (Wildman–Crippen LogP) is 4.18. The third-order valence-electron chi connectivity index (χ3n) is 3.08. The van der Waals surface area contributed by atoms with E-state index in [4.69, 9.17) is 0 Å². The van der Waals surface area contributed by atoms with Gasteiger partial charge in [0.2, 0.25) is 0 Å². The highest BCUT2D eigenvalue weighted by atomic mass is 32.2. The minimum absolute atomic E-state index is 0.213. The first-order chi connectivity index (χ1) is 9.72. The highest BCUT2D eigenvalue weighted by Gasteiger charge is 2.08. The number of hydrogen-bond acceptors (Lipinski definition) is 4. The molecule has 0 bridgehead atoms. The van der Waals surface area contributed by atoms with E-state index in [1.54, 1.807) is 23.5 Å².